The summed E-state index contributed by atoms with van der Waals surface area (Å²) >= 11 is 0. The SMILES string of the molecule is N#Cc1ccc(CS(=O)(=O)N2CC(N)C2)cc1. The molecule has 1 aromatic rings. The lowest BCUT2D eigenvalue weighted by Gasteiger charge is -2.35. The molecule has 0 radical (unpaired) electrons. The first-order valence-electron chi connectivity index (χ1n) is 5.24. The number of nitrogens with two attached hydrogens (primary N) is 1. The highest BCUT2D eigenvalue weighted by molar-refractivity contribution is 7.88. The Hall–Kier alpha value is -1.42. The summed E-state index contributed by atoms with van der Waals surface area (Å²) in [5, 5.41) is 8.64. The molecule has 1 aromatic carbocycles. The minimum atomic E-state index is -3.26. The first kappa shape index (κ1) is 12.0. The number of benzene rings is 1. The standard InChI is InChI=1S/C11H13N3O2S/c12-5-9-1-3-10(4-2-9)8-17(15,16)14-6-11(13)7-14/h1-4,11H,6-8,13H2. The van der Waals surface area contributed by atoms with Crippen LogP contribution in [0.1, 0.15) is 11.1 Å². The van der Waals surface area contributed by atoms with Crippen molar-refractivity contribution < 1.29 is 8.42 Å². The predicted molar refractivity (Wildman–Crippen MR) is 63.3 cm³/mol. The molecular formula is C11H13N3O2S. The molecule has 90 valence electrons. The van der Waals surface area contributed by atoms with Crippen molar-refractivity contribution in [2.24, 2.45) is 5.73 Å². The van der Waals surface area contributed by atoms with Crippen molar-refractivity contribution >= 4 is 10.0 Å². The van der Waals surface area contributed by atoms with Crippen molar-refractivity contribution in [2.45, 2.75) is 11.8 Å². The van der Waals surface area contributed by atoms with Gasteiger partial charge in [0.1, 0.15) is 0 Å². The van der Waals surface area contributed by atoms with Gasteiger partial charge in [0, 0.05) is 19.1 Å². The van der Waals surface area contributed by atoms with E-state index in [4.69, 9.17) is 11.0 Å². The molecule has 1 fully saturated rings. The number of hydrogen-bond donors (Lipinski definition) is 1. The summed E-state index contributed by atoms with van der Waals surface area (Å²) in [6, 6.07) is 8.52. The molecule has 0 spiro atoms. The minimum absolute atomic E-state index is 0.0363. The quantitative estimate of drug-likeness (QED) is 0.821. The Morgan fingerprint density at radius 3 is 2.41 bits per heavy atom. The fraction of sp³-hybridized carbons (Fsp3) is 0.364. The maximum absolute atomic E-state index is 11.9. The van der Waals surface area contributed by atoms with E-state index in [1.54, 1.807) is 24.3 Å². The van der Waals surface area contributed by atoms with Crippen LogP contribution in [0.15, 0.2) is 24.3 Å². The normalized spacial score (nSPS) is 17.4. The maximum Gasteiger partial charge on any atom is 0.218 e. The monoisotopic (exact) mass is 251 g/mol. The summed E-state index contributed by atoms with van der Waals surface area (Å²) in [5.74, 6) is -0.0363. The van der Waals surface area contributed by atoms with Crippen LogP contribution < -0.4 is 5.73 Å². The van der Waals surface area contributed by atoms with Crippen LogP contribution >= 0.6 is 0 Å². The van der Waals surface area contributed by atoms with E-state index in [1.807, 2.05) is 6.07 Å². The first-order valence-corrected chi connectivity index (χ1v) is 6.84. The molecule has 2 N–H and O–H groups in total. The largest absolute Gasteiger partial charge is 0.325 e. The van der Waals surface area contributed by atoms with E-state index in [0.29, 0.717) is 24.2 Å². The summed E-state index contributed by atoms with van der Waals surface area (Å²) in [5.41, 5.74) is 6.76. The van der Waals surface area contributed by atoms with Crippen molar-refractivity contribution in [3.05, 3.63) is 35.4 Å². The van der Waals surface area contributed by atoms with Crippen molar-refractivity contribution in [3.8, 4) is 6.07 Å². The van der Waals surface area contributed by atoms with Crippen LogP contribution in [0.4, 0.5) is 0 Å². The van der Waals surface area contributed by atoms with Crippen LogP contribution in [0.3, 0.4) is 0 Å². The van der Waals surface area contributed by atoms with Gasteiger partial charge in [-0.15, -0.1) is 0 Å². The highest BCUT2D eigenvalue weighted by Gasteiger charge is 2.33. The van der Waals surface area contributed by atoms with Gasteiger partial charge in [-0.25, -0.2) is 8.42 Å². The Kier molecular flexibility index (Phi) is 3.15. The Morgan fingerprint density at radius 2 is 1.94 bits per heavy atom. The van der Waals surface area contributed by atoms with E-state index in [1.165, 1.54) is 4.31 Å². The van der Waals surface area contributed by atoms with Crippen molar-refractivity contribution in [3.63, 3.8) is 0 Å². The van der Waals surface area contributed by atoms with E-state index in [-0.39, 0.29) is 11.8 Å². The number of rotatable bonds is 3. The third-order valence-electron chi connectivity index (χ3n) is 2.70. The maximum atomic E-state index is 11.9. The molecule has 0 aromatic heterocycles. The molecule has 6 heteroatoms. The summed E-state index contributed by atoms with van der Waals surface area (Å²) in [6.45, 7) is 0.803. The highest BCUT2D eigenvalue weighted by atomic mass is 32.2. The second kappa shape index (κ2) is 4.45. The first-order chi connectivity index (χ1) is 8.01. The van der Waals surface area contributed by atoms with Crippen molar-refractivity contribution in [2.75, 3.05) is 13.1 Å². The summed E-state index contributed by atoms with van der Waals surface area (Å²) in [4.78, 5) is 0. The Labute approximate surface area is 101 Å². The van der Waals surface area contributed by atoms with Crippen LogP contribution in [0.2, 0.25) is 0 Å². The second-order valence-electron chi connectivity index (χ2n) is 4.14. The van der Waals surface area contributed by atoms with Crippen LogP contribution in [-0.4, -0.2) is 31.9 Å². The molecule has 0 saturated carbocycles. The third kappa shape index (κ3) is 2.64. The van der Waals surface area contributed by atoms with Gasteiger partial charge < -0.3 is 5.73 Å². The molecule has 0 amide bonds. The lowest BCUT2D eigenvalue weighted by Crippen LogP contribution is -2.57. The topological polar surface area (TPSA) is 87.2 Å². The Bertz CT molecular complexity index is 539. The number of hydrogen-bond acceptors (Lipinski definition) is 4. The zero-order valence-electron chi connectivity index (χ0n) is 9.20. The van der Waals surface area contributed by atoms with Crippen molar-refractivity contribution in [1.29, 1.82) is 5.26 Å². The molecular weight excluding hydrogens is 238 g/mol. The minimum Gasteiger partial charge on any atom is -0.325 e. The van der Waals surface area contributed by atoms with Gasteiger partial charge in [0.2, 0.25) is 10.0 Å². The van der Waals surface area contributed by atoms with Crippen molar-refractivity contribution in [1.82, 2.24) is 4.31 Å². The van der Waals surface area contributed by atoms with Gasteiger partial charge in [0.05, 0.1) is 17.4 Å². The van der Waals surface area contributed by atoms with Crippen LogP contribution in [-0.2, 0) is 15.8 Å². The summed E-state index contributed by atoms with van der Waals surface area (Å²) in [6.07, 6.45) is 0. The molecule has 2 rings (SSSR count). The zero-order chi connectivity index (χ0) is 12.5. The molecule has 0 unspecified atom stereocenters. The predicted octanol–water partition coefficient (Wildman–Crippen LogP) is 0.0310. The average molecular weight is 251 g/mol. The molecule has 1 aliphatic rings. The van der Waals surface area contributed by atoms with Gasteiger partial charge in [0.25, 0.3) is 0 Å². The molecule has 5 nitrogen and oxygen atoms in total. The van der Waals surface area contributed by atoms with E-state index in [0.717, 1.165) is 0 Å². The molecule has 0 atom stereocenters. The lowest BCUT2D eigenvalue weighted by atomic mass is 10.2. The molecule has 1 saturated heterocycles. The van der Waals surface area contributed by atoms with Gasteiger partial charge >= 0.3 is 0 Å². The van der Waals surface area contributed by atoms with Crippen LogP contribution in [0, 0.1) is 11.3 Å². The number of nitrogens with zero attached hydrogens (tertiary/aromatic N) is 2. The number of sulfonamides is 1. The molecule has 0 bridgehead atoms. The smallest absolute Gasteiger partial charge is 0.218 e. The van der Waals surface area contributed by atoms with Gasteiger partial charge in [-0.05, 0) is 17.7 Å². The van der Waals surface area contributed by atoms with E-state index < -0.39 is 10.0 Å². The third-order valence-corrected chi connectivity index (χ3v) is 4.48. The van der Waals surface area contributed by atoms with Gasteiger partial charge in [-0.3, -0.25) is 0 Å². The fourth-order valence-electron chi connectivity index (χ4n) is 1.67. The van der Waals surface area contributed by atoms with Gasteiger partial charge in [-0.1, -0.05) is 12.1 Å². The molecule has 1 aliphatic heterocycles. The van der Waals surface area contributed by atoms with E-state index >= 15 is 0 Å². The summed E-state index contributed by atoms with van der Waals surface area (Å²) < 4.78 is 25.2. The second-order valence-corrected chi connectivity index (χ2v) is 6.11. The fourth-order valence-corrected chi connectivity index (χ4v) is 3.31. The Balaban J connectivity index is 2.07. The molecule has 17 heavy (non-hydrogen) atoms. The number of nitriles is 1. The highest BCUT2D eigenvalue weighted by Crippen LogP contribution is 2.17. The van der Waals surface area contributed by atoms with Crippen LogP contribution in [0.25, 0.3) is 0 Å². The van der Waals surface area contributed by atoms with Gasteiger partial charge in [-0.2, -0.15) is 9.57 Å². The van der Waals surface area contributed by atoms with E-state index in [2.05, 4.69) is 0 Å². The zero-order valence-corrected chi connectivity index (χ0v) is 10.0. The Morgan fingerprint density at radius 1 is 1.35 bits per heavy atom. The van der Waals surface area contributed by atoms with Gasteiger partial charge in [0.15, 0.2) is 0 Å². The molecule has 0 aliphatic carbocycles. The summed E-state index contributed by atoms with van der Waals surface area (Å²) in [7, 11) is -3.26. The van der Waals surface area contributed by atoms with Crippen LogP contribution in [0.5, 0.6) is 0 Å². The van der Waals surface area contributed by atoms with E-state index in [9.17, 15) is 8.42 Å². The molecule has 1 heterocycles. The average Bonchev–Trinajstić information content (AvgIpc) is 2.25. The lowest BCUT2D eigenvalue weighted by molar-refractivity contribution is 0.265.